The molecule has 0 fully saturated rings. The van der Waals surface area contributed by atoms with Crippen molar-refractivity contribution in [3.8, 4) is 34.0 Å². The molecule has 0 atom stereocenters. The second-order valence-corrected chi connectivity index (χ2v) is 7.34. The van der Waals surface area contributed by atoms with E-state index in [0.29, 0.717) is 5.02 Å². The smallest absolute Gasteiger partial charge is 0.164 e. The first kappa shape index (κ1) is 18.4. The Balaban J connectivity index is 1.72. The summed E-state index contributed by atoms with van der Waals surface area (Å²) >= 11 is 6.08. The van der Waals surface area contributed by atoms with Gasteiger partial charge in [0.1, 0.15) is 11.4 Å². The van der Waals surface area contributed by atoms with Gasteiger partial charge in [0.2, 0.25) is 0 Å². The van der Waals surface area contributed by atoms with Crippen LogP contribution in [0.5, 0.6) is 5.75 Å². The highest BCUT2D eigenvalue weighted by atomic mass is 35.5. The molecule has 146 valence electrons. The Morgan fingerprint density at radius 1 is 0.767 bits per heavy atom. The molecule has 0 spiro atoms. The molecule has 0 saturated carbocycles. The first-order valence-electron chi connectivity index (χ1n) is 9.58. The minimum absolute atomic E-state index is 0.700. The Kier molecular flexibility index (Phi) is 4.69. The van der Waals surface area contributed by atoms with Gasteiger partial charge in [0.15, 0.2) is 5.65 Å². The van der Waals surface area contributed by atoms with E-state index >= 15 is 0 Å². The summed E-state index contributed by atoms with van der Waals surface area (Å²) in [6.45, 7) is 0. The molecular formula is C25H18ClN3O. The maximum Gasteiger partial charge on any atom is 0.164 e. The van der Waals surface area contributed by atoms with Gasteiger partial charge in [-0.25, -0.2) is 9.67 Å². The number of hydrogen-bond donors (Lipinski definition) is 0. The van der Waals surface area contributed by atoms with Crippen molar-refractivity contribution in [2.75, 3.05) is 7.11 Å². The van der Waals surface area contributed by atoms with Crippen LogP contribution in [0.15, 0.2) is 91.0 Å². The van der Waals surface area contributed by atoms with E-state index in [0.717, 1.165) is 45.0 Å². The molecule has 2 heterocycles. The predicted molar refractivity (Wildman–Crippen MR) is 121 cm³/mol. The number of hydrogen-bond acceptors (Lipinski definition) is 3. The van der Waals surface area contributed by atoms with Gasteiger partial charge in [-0.15, -0.1) is 0 Å². The van der Waals surface area contributed by atoms with Gasteiger partial charge in [0.05, 0.1) is 18.5 Å². The lowest BCUT2D eigenvalue weighted by Gasteiger charge is -2.05. The lowest BCUT2D eigenvalue weighted by Crippen LogP contribution is -1.98. The van der Waals surface area contributed by atoms with E-state index in [2.05, 4.69) is 6.07 Å². The molecule has 0 saturated heterocycles. The second kappa shape index (κ2) is 7.65. The van der Waals surface area contributed by atoms with Crippen LogP contribution in [0.4, 0.5) is 0 Å². The van der Waals surface area contributed by atoms with E-state index in [1.807, 2.05) is 89.6 Å². The molecule has 5 rings (SSSR count). The molecule has 30 heavy (non-hydrogen) atoms. The van der Waals surface area contributed by atoms with Gasteiger partial charge >= 0.3 is 0 Å². The van der Waals surface area contributed by atoms with E-state index in [1.165, 1.54) is 0 Å². The fourth-order valence-electron chi connectivity index (χ4n) is 3.49. The third kappa shape index (κ3) is 3.31. The summed E-state index contributed by atoms with van der Waals surface area (Å²) in [5.41, 5.74) is 5.54. The zero-order chi connectivity index (χ0) is 20.5. The topological polar surface area (TPSA) is 39.9 Å². The van der Waals surface area contributed by atoms with E-state index in [9.17, 15) is 0 Å². The standard InChI is InChI=1S/C25H18ClN3O/c1-30-21-13-9-17(10-14-21)23-16-15-22-24(18-7-11-19(26)12-8-18)28-29(25(22)27-23)20-5-3-2-4-6-20/h2-16H,1H3. The maximum atomic E-state index is 6.08. The Labute approximate surface area is 179 Å². The van der Waals surface area contributed by atoms with Gasteiger partial charge in [0.25, 0.3) is 0 Å². The summed E-state index contributed by atoms with van der Waals surface area (Å²) in [5, 5.41) is 6.60. The summed E-state index contributed by atoms with van der Waals surface area (Å²) in [6.07, 6.45) is 0. The van der Waals surface area contributed by atoms with Gasteiger partial charge in [-0.3, -0.25) is 0 Å². The van der Waals surface area contributed by atoms with Gasteiger partial charge in [0, 0.05) is 21.5 Å². The first-order chi connectivity index (χ1) is 14.7. The number of nitrogens with zero attached hydrogens (tertiary/aromatic N) is 3. The van der Waals surface area contributed by atoms with Crippen LogP contribution in [0.25, 0.3) is 39.2 Å². The van der Waals surface area contributed by atoms with Crippen molar-refractivity contribution in [3.63, 3.8) is 0 Å². The Morgan fingerprint density at radius 2 is 1.47 bits per heavy atom. The van der Waals surface area contributed by atoms with Crippen LogP contribution in [0.2, 0.25) is 5.02 Å². The molecule has 2 aromatic heterocycles. The first-order valence-corrected chi connectivity index (χ1v) is 9.96. The number of aromatic nitrogens is 3. The molecule has 4 nitrogen and oxygen atoms in total. The Hall–Kier alpha value is -3.63. The Bertz CT molecular complexity index is 1310. The molecule has 5 aromatic rings. The second-order valence-electron chi connectivity index (χ2n) is 6.90. The number of fused-ring (bicyclic) bond motifs is 1. The lowest BCUT2D eigenvalue weighted by atomic mass is 10.1. The fourth-order valence-corrected chi connectivity index (χ4v) is 3.61. The molecule has 0 bridgehead atoms. The van der Waals surface area contributed by atoms with Crippen LogP contribution >= 0.6 is 11.6 Å². The van der Waals surface area contributed by atoms with Crippen LogP contribution in [-0.2, 0) is 0 Å². The van der Waals surface area contributed by atoms with Crippen molar-refractivity contribution in [2.45, 2.75) is 0 Å². The number of pyridine rings is 1. The van der Waals surface area contributed by atoms with Crippen molar-refractivity contribution in [1.82, 2.24) is 14.8 Å². The number of rotatable bonds is 4. The van der Waals surface area contributed by atoms with Crippen molar-refractivity contribution in [1.29, 1.82) is 0 Å². The molecular weight excluding hydrogens is 394 g/mol. The molecule has 0 aliphatic carbocycles. The third-order valence-electron chi connectivity index (χ3n) is 5.04. The van der Waals surface area contributed by atoms with E-state index in [1.54, 1.807) is 7.11 Å². The van der Waals surface area contributed by atoms with E-state index < -0.39 is 0 Å². The predicted octanol–water partition coefficient (Wildman–Crippen LogP) is 6.42. The van der Waals surface area contributed by atoms with Crippen LogP contribution in [0.3, 0.4) is 0 Å². The van der Waals surface area contributed by atoms with Crippen molar-refractivity contribution in [2.24, 2.45) is 0 Å². The summed E-state index contributed by atoms with van der Waals surface area (Å²) < 4.78 is 7.16. The highest BCUT2D eigenvalue weighted by Crippen LogP contribution is 2.32. The normalized spacial score (nSPS) is 11.0. The largest absolute Gasteiger partial charge is 0.497 e. The van der Waals surface area contributed by atoms with Gasteiger partial charge in [-0.2, -0.15) is 5.10 Å². The molecule has 0 unspecified atom stereocenters. The maximum absolute atomic E-state index is 6.08. The van der Waals surface area contributed by atoms with Crippen LogP contribution in [-0.4, -0.2) is 21.9 Å². The highest BCUT2D eigenvalue weighted by Gasteiger charge is 2.16. The molecule has 0 aliphatic rings. The summed E-state index contributed by atoms with van der Waals surface area (Å²) in [6, 6.07) is 29.8. The number of halogens is 1. The number of para-hydroxylation sites is 1. The average Bonchev–Trinajstić information content (AvgIpc) is 3.19. The summed E-state index contributed by atoms with van der Waals surface area (Å²) in [5.74, 6) is 0.819. The molecule has 0 N–H and O–H groups in total. The zero-order valence-electron chi connectivity index (χ0n) is 16.3. The van der Waals surface area contributed by atoms with Gasteiger partial charge < -0.3 is 4.74 Å². The molecule has 0 aliphatic heterocycles. The third-order valence-corrected chi connectivity index (χ3v) is 5.29. The van der Waals surface area contributed by atoms with Gasteiger partial charge in [-0.05, 0) is 60.7 Å². The fraction of sp³-hybridized carbons (Fsp3) is 0.0400. The monoisotopic (exact) mass is 411 g/mol. The number of methoxy groups -OCH3 is 1. The molecule has 5 heteroatoms. The average molecular weight is 412 g/mol. The van der Waals surface area contributed by atoms with Gasteiger partial charge in [-0.1, -0.05) is 41.9 Å². The SMILES string of the molecule is COc1ccc(-c2ccc3c(-c4ccc(Cl)cc4)nn(-c4ccccc4)c3n2)cc1. The van der Waals surface area contributed by atoms with Crippen LogP contribution < -0.4 is 4.74 Å². The van der Waals surface area contributed by atoms with Crippen LogP contribution in [0.1, 0.15) is 0 Å². The Morgan fingerprint density at radius 3 is 2.17 bits per heavy atom. The zero-order valence-corrected chi connectivity index (χ0v) is 17.0. The van der Waals surface area contributed by atoms with Crippen molar-refractivity contribution < 1.29 is 4.74 Å². The van der Waals surface area contributed by atoms with Crippen molar-refractivity contribution >= 4 is 22.6 Å². The van der Waals surface area contributed by atoms with E-state index in [4.69, 9.17) is 26.4 Å². The minimum atomic E-state index is 0.700. The van der Waals surface area contributed by atoms with Crippen LogP contribution in [0, 0.1) is 0 Å². The summed E-state index contributed by atoms with van der Waals surface area (Å²) in [7, 11) is 1.66. The number of ether oxygens (including phenoxy) is 1. The lowest BCUT2D eigenvalue weighted by molar-refractivity contribution is 0.415. The molecule has 0 amide bonds. The minimum Gasteiger partial charge on any atom is -0.497 e. The summed E-state index contributed by atoms with van der Waals surface area (Å²) in [4.78, 5) is 4.97. The molecule has 0 radical (unpaired) electrons. The van der Waals surface area contributed by atoms with Crippen molar-refractivity contribution in [3.05, 3.63) is 96.0 Å². The quantitative estimate of drug-likeness (QED) is 0.342. The van der Waals surface area contributed by atoms with E-state index in [-0.39, 0.29) is 0 Å². The molecule has 3 aromatic carbocycles. The highest BCUT2D eigenvalue weighted by molar-refractivity contribution is 6.30. The number of benzene rings is 3.